The fraction of sp³-hybridized carbons (Fsp3) is 1.00. The van der Waals surface area contributed by atoms with Gasteiger partial charge < -0.3 is 278 Å². The maximum atomic E-state index is 12.5. The largest absolute Gasteiger partial charge is 0.394 e. The molecular formula is C66H112O56. The highest BCUT2D eigenvalue weighted by Gasteiger charge is 2.62. The van der Waals surface area contributed by atoms with Crippen molar-refractivity contribution >= 4 is 0 Å². The topological polar surface area (TPSA) is 902 Å². The minimum atomic E-state index is -2.69. The molecular weight excluding hydrogens is 1690 g/mol. The van der Waals surface area contributed by atoms with E-state index in [2.05, 4.69) is 0 Å². The highest BCUT2D eigenvalue weighted by Crippen LogP contribution is 2.42. The van der Waals surface area contributed by atoms with Crippen LogP contribution in [0.3, 0.4) is 0 Å². The molecule has 0 unspecified atom stereocenters. The van der Waals surface area contributed by atoms with E-state index in [-0.39, 0.29) is 0 Å². The van der Waals surface area contributed by atoms with E-state index in [0.717, 1.165) is 0 Å². The Bertz CT molecular complexity index is 3120. The van der Waals surface area contributed by atoms with Crippen LogP contribution >= 0.6 is 0 Å². The van der Waals surface area contributed by atoms with Crippen molar-refractivity contribution in [2.24, 2.45) is 0 Å². The number of ether oxygens (including phenoxy) is 21. The first-order chi connectivity index (χ1) is 57.8. The minimum Gasteiger partial charge on any atom is -0.394 e. The lowest BCUT2D eigenvalue weighted by atomic mass is 9.95. The molecule has 0 radical (unpaired) electrons. The van der Waals surface area contributed by atoms with Gasteiger partial charge in [-0.1, -0.05) is 0 Å². The van der Waals surface area contributed by atoms with Crippen molar-refractivity contribution in [1.29, 1.82) is 0 Å². The van der Waals surface area contributed by atoms with Gasteiger partial charge in [0.25, 0.3) is 0 Å². The smallest absolute Gasteiger partial charge is 0.187 e. The highest BCUT2D eigenvalue weighted by molar-refractivity contribution is 5.04. The highest BCUT2D eigenvalue weighted by atomic mass is 16.8. The standard InChI is InChI=1S/C66H112O56/c67-1-12-23(75)34(86)45(97)57(106-12)102-9-20-31(83)38(90)49(56(101)105-20)116-61-51(40(92)28(80)16(5-71)110-61)121-65-54(43(95)32(84)21(114-65)10-103-58-46(98)35(87)24(76)13(2-68)107-58)120-64-53(42(94)30(82)19(8-74)113-64)122-66-55(44(96)33(85)22(115-66)11-104-59-47(99)36(88)25(77)14(3-69)108-59)119-63-52(41(93)29(81)18(7-73)112-63)118-62-50(39(91)27(79)17(6-72)111-62)117-60-48(100)37(89)26(78)15(4-70)109-60/h12-101H,1-11H2/t12-,13-,14-,15-,16-,17-,18-,19-,20-,21-,22-,23+,24+,25-,26-,27-,28-,29+,30+,31+,32-,33-,34+,35+,36+,37+,38+,39+,40+,41+,42+,43+,44+,45-,46-,47+,48+,49-,50+,51+,52-,53-,54+,55+,56-,57+,58+,59+,60+,61+,62+,63+,64+,65+,66+/m1/s1. The average molecular weight is 1800 g/mol. The zero-order valence-corrected chi connectivity index (χ0v) is 63.8. The molecule has 0 aliphatic carbocycles. The van der Waals surface area contributed by atoms with Crippen molar-refractivity contribution < 1.29 is 278 Å². The molecule has 35 N–H and O–H groups in total. The van der Waals surface area contributed by atoms with Crippen LogP contribution < -0.4 is 0 Å². The molecule has 0 amide bonds. The Morgan fingerprint density at radius 2 is 0.287 bits per heavy atom. The third-order valence-electron chi connectivity index (χ3n) is 23.0. The fourth-order valence-electron chi connectivity index (χ4n) is 15.5. The molecule has 11 aliphatic rings. The Labute approximate surface area is 687 Å². The van der Waals surface area contributed by atoms with E-state index in [1.807, 2.05) is 0 Å². The van der Waals surface area contributed by atoms with E-state index in [1.165, 1.54) is 0 Å². The summed E-state index contributed by atoms with van der Waals surface area (Å²) in [5.41, 5.74) is 0. The van der Waals surface area contributed by atoms with Crippen molar-refractivity contribution in [3.63, 3.8) is 0 Å². The van der Waals surface area contributed by atoms with E-state index in [1.54, 1.807) is 0 Å². The van der Waals surface area contributed by atoms with Crippen LogP contribution in [0.1, 0.15) is 0 Å². The first kappa shape index (κ1) is 100. The Balaban J connectivity index is 0.934. The van der Waals surface area contributed by atoms with Gasteiger partial charge in [-0.2, -0.15) is 0 Å². The molecule has 11 aliphatic heterocycles. The minimum absolute atomic E-state index is 0.902. The van der Waals surface area contributed by atoms with Crippen LogP contribution in [0.5, 0.6) is 0 Å². The summed E-state index contributed by atoms with van der Waals surface area (Å²) < 4.78 is 122. The summed E-state index contributed by atoms with van der Waals surface area (Å²) in [6.45, 7) is -12.1. The maximum Gasteiger partial charge on any atom is 0.187 e. The average Bonchev–Trinajstić information content (AvgIpc) is 0.758. The Morgan fingerprint density at radius 3 is 0.508 bits per heavy atom. The van der Waals surface area contributed by atoms with E-state index < -0.39 is 410 Å². The number of hydrogen-bond acceptors (Lipinski definition) is 56. The number of rotatable bonds is 31. The lowest BCUT2D eigenvalue weighted by Crippen LogP contribution is -2.69. The molecule has 0 bridgehead atoms. The van der Waals surface area contributed by atoms with Crippen LogP contribution in [0.15, 0.2) is 0 Å². The van der Waals surface area contributed by atoms with Gasteiger partial charge in [0, 0.05) is 0 Å². The SMILES string of the molecule is OC[C@H]1O[C@H](OC[C@H]2O[C@@H](O)[C@H](O[C@@H]3O[C@H](CO)[C@@H](O)[C@H](O)[C@@H]3O[C@@H]3O[C@H](CO[C@H]4O[C@H](CO)[C@H](O)[C@H](O)[C@H]4O)[C@@H](O)[C@H](O)[C@@H]3O[C@@H]3O[C@H](CO)[C@H](O)[C@H](O)[C@H]3O[C@@H]3O[C@H](CO[C@H]4O[C@H](CO)[C@@H](O)[C@H](O)[C@@H]4O)[C@@H](O)[C@H](O)[C@@H]3O[C@@H]3O[C@H](CO)[C@H](O)[C@H](O)[C@H]3O[C@@H]3O[C@H](CO)[C@@H](O)[C@H](O)[C@@H]3O[C@@H]3O[C@H](CO)[C@@H](O)[C@H](O)[C@@H]3O)[C@@H](O)[C@H]2O)[C@H](O)[C@@H](O)[C@H]1O. The summed E-state index contributed by atoms with van der Waals surface area (Å²) >= 11 is 0. The molecule has 55 atom stereocenters. The van der Waals surface area contributed by atoms with Gasteiger partial charge in [0.1, 0.15) is 269 Å². The Kier molecular flexibility index (Phi) is 35.7. The summed E-state index contributed by atoms with van der Waals surface area (Å²) in [5.74, 6) is 0. The fourth-order valence-corrected chi connectivity index (χ4v) is 15.5. The summed E-state index contributed by atoms with van der Waals surface area (Å²) in [7, 11) is 0. The summed E-state index contributed by atoms with van der Waals surface area (Å²) in [6.07, 6.45) is -123. The third-order valence-corrected chi connectivity index (χ3v) is 23.0. The molecule has 0 aromatic carbocycles. The third kappa shape index (κ3) is 21.0. The van der Waals surface area contributed by atoms with Gasteiger partial charge in [-0.15, -0.1) is 0 Å². The second-order valence-corrected chi connectivity index (χ2v) is 30.9. The molecule has 56 nitrogen and oxygen atoms in total. The van der Waals surface area contributed by atoms with Gasteiger partial charge in [0.15, 0.2) is 69.2 Å². The predicted octanol–water partition coefficient (Wildman–Crippen LogP) is -25.0. The van der Waals surface area contributed by atoms with Crippen LogP contribution in [0.25, 0.3) is 0 Å². The van der Waals surface area contributed by atoms with Crippen LogP contribution in [0, 0.1) is 0 Å². The molecule has 11 saturated heterocycles. The first-order valence-corrected chi connectivity index (χ1v) is 38.7. The van der Waals surface area contributed by atoms with Crippen LogP contribution in [0.2, 0.25) is 0 Å². The van der Waals surface area contributed by atoms with E-state index in [9.17, 15) is 179 Å². The Morgan fingerprint density at radius 1 is 0.139 bits per heavy atom. The quantitative estimate of drug-likeness (QED) is 0.0306. The maximum absolute atomic E-state index is 12.5. The van der Waals surface area contributed by atoms with Gasteiger partial charge in [-0.05, 0) is 0 Å². The van der Waals surface area contributed by atoms with Crippen molar-refractivity contribution in [2.45, 2.75) is 338 Å². The lowest BCUT2D eigenvalue weighted by molar-refractivity contribution is -0.424. The summed E-state index contributed by atoms with van der Waals surface area (Å²) in [6, 6.07) is 0. The van der Waals surface area contributed by atoms with Crippen molar-refractivity contribution in [2.75, 3.05) is 72.7 Å². The van der Waals surface area contributed by atoms with Crippen molar-refractivity contribution in [3.8, 4) is 0 Å². The Hall–Kier alpha value is -2.24. The molecule has 712 valence electrons. The zero-order valence-electron chi connectivity index (χ0n) is 63.8. The number of hydrogen-bond donors (Lipinski definition) is 35. The molecule has 0 aromatic rings. The molecule has 0 saturated carbocycles. The molecule has 0 spiro atoms. The number of aliphatic hydroxyl groups is 35. The molecule has 11 fully saturated rings. The van der Waals surface area contributed by atoms with Crippen molar-refractivity contribution in [1.82, 2.24) is 0 Å². The second-order valence-electron chi connectivity index (χ2n) is 30.9. The molecule has 11 heterocycles. The normalized spacial score (nSPS) is 53.8. The number of aliphatic hydroxyl groups excluding tert-OH is 35. The summed E-state index contributed by atoms with van der Waals surface area (Å²) in [5, 5.41) is 386. The van der Waals surface area contributed by atoms with Gasteiger partial charge in [-0.25, -0.2) is 0 Å². The van der Waals surface area contributed by atoms with E-state index in [0.29, 0.717) is 0 Å². The van der Waals surface area contributed by atoms with Gasteiger partial charge in [0.2, 0.25) is 0 Å². The van der Waals surface area contributed by atoms with Crippen molar-refractivity contribution in [3.05, 3.63) is 0 Å². The van der Waals surface area contributed by atoms with E-state index in [4.69, 9.17) is 99.5 Å². The molecule has 122 heavy (non-hydrogen) atoms. The predicted molar refractivity (Wildman–Crippen MR) is 362 cm³/mol. The zero-order chi connectivity index (χ0) is 89.4. The van der Waals surface area contributed by atoms with Crippen LogP contribution in [0.4, 0.5) is 0 Å². The van der Waals surface area contributed by atoms with E-state index >= 15 is 0 Å². The van der Waals surface area contributed by atoms with Gasteiger partial charge in [-0.3, -0.25) is 0 Å². The lowest BCUT2D eigenvalue weighted by Gasteiger charge is -2.51. The molecule has 11 rings (SSSR count). The monoisotopic (exact) mass is 1800 g/mol. The van der Waals surface area contributed by atoms with Gasteiger partial charge >= 0.3 is 0 Å². The first-order valence-electron chi connectivity index (χ1n) is 38.7. The van der Waals surface area contributed by atoms with Crippen LogP contribution in [-0.4, -0.2) is 589 Å². The molecule has 0 aromatic heterocycles. The van der Waals surface area contributed by atoms with Crippen LogP contribution in [-0.2, 0) is 99.5 Å². The molecule has 56 heteroatoms. The second kappa shape index (κ2) is 43.4. The van der Waals surface area contributed by atoms with Gasteiger partial charge in [0.05, 0.1) is 72.7 Å². The summed E-state index contributed by atoms with van der Waals surface area (Å²) in [4.78, 5) is 0.